The number of pyridine rings is 2. The van der Waals surface area contributed by atoms with Crippen LogP contribution >= 0.6 is 11.6 Å². The predicted octanol–water partition coefficient (Wildman–Crippen LogP) is 3.06. The maximum absolute atomic E-state index is 14.0. The van der Waals surface area contributed by atoms with E-state index in [1.54, 1.807) is 19.2 Å². The predicted molar refractivity (Wildman–Crippen MR) is 111 cm³/mol. The average molecular weight is 430 g/mol. The van der Waals surface area contributed by atoms with E-state index in [9.17, 15) is 18.8 Å². The highest BCUT2D eigenvalue weighted by Gasteiger charge is 2.25. The van der Waals surface area contributed by atoms with Gasteiger partial charge in [-0.2, -0.15) is 5.26 Å². The van der Waals surface area contributed by atoms with Crippen LogP contribution in [-0.2, 0) is 13.6 Å². The first-order chi connectivity index (χ1) is 14.4. The standard InChI is InChI=1S/C21H18ClF2N5O/c1-27-17-4-5-18(22)26-19(17)20(15(11-25)21(27)30)29-8-6-28(7-9-29)12-13-2-3-14(23)10-16(13)24/h2-5,10H,6-9,12H2,1H3. The molecule has 2 aromatic heterocycles. The molecule has 3 aromatic rings. The number of nitrogens with zero attached hydrogens (tertiary/aromatic N) is 5. The van der Waals surface area contributed by atoms with E-state index in [1.807, 2.05) is 15.9 Å². The lowest BCUT2D eigenvalue weighted by atomic mass is 10.1. The molecule has 0 spiro atoms. The Hall–Kier alpha value is -3.02. The lowest BCUT2D eigenvalue weighted by molar-refractivity contribution is 0.246. The Kier molecular flexibility index (Phi) is 5.41. The normalized spacial score (nSPS) is 14.8. The van der Waals surface area contributed by atoms with E-state index in [0.29, 0.717) is 55.0 Å². The molecule has 0 N–H and O–H groups in total. The van der Waals surface area contributed by atoms with Crippen molar-refractivity contribution in [2.75, 3.05) is 31.1 Å². The molecule has 4 rings (SSSR count). The van der Waals surface area contributed by atoms with Gasteiger partial charge in [-0.3, -0.25) is 9.69 Å². The van der Waals surface area contributed by atoms with Crippen LogP contribution in [0.4, 0.5) is 14.5 Å². The number of hydrogen-bond donors (Lipinski definition) is 0. The van der Waals surface area contributed by atoms with Gasteiger partial charge in [-0.15, -0.1) is 0 Å². The molecule has 1 aliphatic rings. The molecule has 0 unspecified atom stereocenters. The first-order valence-corrected chi connectivity index (χ1v) is 9.77. The minimum Gasteiger partial charge on any atom is -0.366 e. The van der Waals surface area contributed by atoms with Crippen molar-refractivity contribution in [3.8, 4) is 6.07 Å². The van der Waals surface area contributed by atoms with Crippen LogP contribution in [0.25, 0.3) is 11.0 Å². The van der Waals surface area contributed by atoms with E-state index >= 15 is 0 Å². The van der Waals surface area contributed by atoms with Crippen molar-refractivity contribution in [2.45, 2.75) is 6.54 Å². The molecule has 1 fully saturated rings. The third-order valence-electron chi connectivity index (χ3n) is 5.39. The van der Waals surface area contributed by atoms with Gasteiger partial charge < -0.3 is 9.47 Å². The molecule has 0 saturated carbocycles. The highest BCUT2D eigenvalue weighted by Crippen LogP contribution is 2.29. The van der Waals surface area contributed by atoms with E-state index in [0.717, 1.165) is 6.07 Å². The first-order valence-electron chi connectivity index (χ1n) is 9.39. The zero-order chi connectivity index (χ0) is 21.4. The minimum atomic E-state index is -0.603. The van der Waals surface area contributed by atoms with Gasteiger partial charge in [0, 0.05) is 51.4 Å². The smallest absolute Gasteiger partial charge is 0.270 e. The van der Waals surface area contributed by atoms with Crippen molar-refractivity contribution in [1.82, 2.24) is 14.5 Å². The fraction of sp³-hybridized carbons (Fsp3) is 0.286. The molecule has 1 aliphatic heterocycles. The summed E-state index contributed by atoms with van der Waals surface area (Å²) in [5, 5.41) is 9.92. The summed E-state index contributed by atoms with van der Waals surface area (Å²) in [6, 6.07) is 8.91. The highest BCUT2D eigenvalue weighted by molar-refractivity contribution is 6.29. The first kappa shape index (κ1) is 20.3. The summed E-state index contributed by atoms with van der Waals surface area (Å²) in [4.78, 5) is 21.1. The molecule has 30 heavy (non-hydrogen) atoms. The number of aromatic nitrogens is 2. The molecule has 1 saturated heterocycles. The Labute approximate surface area is 176 Å². The molecule has 154 valence electrons. The minimum absolute atomic E-state index is 0.0257. The van der Waals surface area contributed by atoms with E-state index in [-0.39, 0.29) is 16.3 Å². The number of benzene rings is 1. The number of halogens is 3. The number of nitriles is 1. The van der Waals surface area contributed by atoms with Gasteiger partial charge in [0.25, 0.3) is 5.56 Å². The summed E-state index contributed by atoms with van der Waals surface area (Å²) in [6.07, 6.45) is 0. The Morgan fingerprint density at radius 2 is 1.90 bits per heavy atom. The molecule has 0 bridgehead atoms. The van der Waals surface area contributed by atoms with Crippen LogP contribution in [-0.4, -0.2) is 40.6 Å². The summed E-state index contributed by atoms with van der Waals surface area (Å²) in [6.45, 7) is 2.56. The van der Waals surface area contributed by atoms with E-state index in [1.165, 1.54) is 16.7 Å². The van der Waals surface area contributed by atoms with Crippen LogP contribution in [0.1, 0.15) is 11.1 Å². The van der Waals surface area contributed by atoms with Gasteiger partial charge in [-0.05, 0) is 18.2 Å². The second kappa shape index (κ2) is 8.01. The highest BCUT2D eigenvalue weighted by atomic mass is 35.5. The number of rotatable bonds is 3. The van der Waals surface area contributed by atoms with Gasteiger partial charge >= 0.3 is 0 Å². The summed E-state index contributed by atoms with van der Waals surface area (Å²) in [5.41, 5.74) is 1.63. The molecular formula is C21H18ClF2N5O. The van der Waals surface area contributed by atoms with E-state index < -0.39 is 11.6 Å². The molecule has 1 aromatic carbocycles. The second-order valence-electron chi connectivity index (χ2n) is 7.20. The third-order valence-corrected chi connectivity index (χ3v) is 5.60. The van der Waals surface area contributed by atoms with Crippen molar-refractivity contribution >= 4 is 28.3 Å². The summed E-state index contributed by atoms with van der Waals surface area (Å²) < 4.78 is 28.5. The number of anilines is 1. The van der Waals surface area contributed by atoms with Gasteiger partial charge in [0.2, 0.25) is 0 Å². The molecule has 6 nitrogen and oxygen atoms in total. The second-order valence-corrected chi connectivity index (χ2v) is 7.59. The van der Waals surface area contributed by atoms with Gasteiger partial charge in [0.15, 0.2) is 0 Å². The Morgan fingerprint density at radius 1 is 1.17 bits per heavy atom. The maximum Gasteiger partial charge on any atom is 0.270 e. The summed E-state index contributed by atoms with van der Waals surface area (Å²) in [7, 11) is 1.60. The number of fused-ring (bicyclic) bond motifs is 1. The van der Waals surface area contributed by atoms with E-state index in [2.05, 4.69) is 4.98 Å². The van der Waals surface area contributed by atoms with Gasteiger partial charge in [-0.1, -0.05) is 17.7 Å². The largest absolute Gasteiger partial charge is 0.366 e. The zero-order valence-electron chi connectivity index (χ0n) is 16.2. The number of piperazine rings is 1. The van der Waals surface area contributed by atoms with Crippen LogP contribution < -0.4 is 10.5 Å². The maximum atomic E-state index is 14.0. The van der Waals surface area contributed by atoms with Gasteiger partial charge in [0.1, 0.15) is 33.9 Å². The van der Waals surface area contributed by atoms with Crippen molar-refractivity contribution in [1.29, 1.82) is 5.26 Å². The summed E-state index contributed by atoms with van der Waals surface area (Å²) >= 11 is 6.09. The average Bonchev–Trinajstić information content (AvgIpc) is 2.73. The molecule has 0 amide bonds. The van der Waals surface area contributed by atoms with Crippen LogP contribution in [0.3, 0.4) is 0 Å². The van der Waals surface area contributed by atoms with Crippen molar-refractivity contribution in [3.05, 3.63) is 68.6 Å². The van der Waals surface area contributed by atoms with Crippen LogP contribution in [0.2, 0.25) is 5.15 Å². The van der Waals surface area contributed by atoms with Crippen molar-refractivity contribution in [2.24, 2.45) is 7.05 Å². The van der Waals surface area contributed by atoms with Crippen molar-refractivity contribution < 1.29 is 8.78 Å². The molecule has 9 heteroatoms. The third kappa shape index (κ3) is 3.62. The molecule has 3 heterocycles. The van der Waals surface area contributed by atoms with Crippen LogP contribution in [0.15, 0.2) is 35.1 Å². The topological polar surface area (TPSA) is 65.2 Å². The Bertz CT molecular complexity index is 1230. The number of hydrogen-bond acceptors (Lipinski definition) is 5. The van der Waals surface area contributed by atoms with Crippen LogP contribution in [0, 0.1) is 23.0 Å². The lowest BCUT2D eigenvalue weighted by Crippen LogP contribution is -2.47. The van der Waals surface area contributed by atoms with Gasteiger partial charge in [-0.25, -0.2) is 13.8 Å². The van der Waals surface area contributed by atoms with Crippen molar-refractivity contribution in [3.63, 3.8) is 0 Å². The SMILES string of the molecule is Cn1c(=O)c(C#N)c(N2CCN(Cc3ccc(F)cc3F)CC2)c2nc(Cl)ccc21. The Morgan fingerprint density at radius 3 is 2.57 bits per heavy atom. The van der Waals surface area contributed by atoms with Crippen LogP contribution in [0.5, 0.6) is 0 Å². The zero-order valence-corrected chi connectivity index (χ0v) is 17.0. The lowest BCUT2D eigenvalue weighted by Gasteiger charge is -2.36. The molecule has 0 radical (unpaired) electrons. The summed E-state index contributed by atoms with van der Waals surface area (Å²) in [5.74, 6) is -1.17. The number of aryl methyl sites for hydroxylation is 1. The fourth-order valence-corrected chi connectivity index (χ4v) is 3.95. The quantitative estimate of drug-likeness (QED) is 0.599. The monoisotopic (exact) mass is 429 g/mol. The molecule has 0 aliphatic carbocycles. The Balaban J connectivity index is 1.63. The van der Waals surface area contributed by atoms with Gasteiger partial charge in [0.05, 0.1) is 11.2 Å². The fourth-order valence-electron chi connectivity index (χ4n) is 3.80. The van der Waals surface area contributed by atoms with E-state index in [4.69, 9.17) is 11.6 Å². The molecular weight excluding hydrogens is 412 g/mol. The molecule has 0 atom stereocenters.